The van der Waals surface area contributed by atoms with Crippen LogP contribution in [0.1, 0.15) is 19.3 Å². The molecule has 3 rings (SSSR count). The summed E-state index contributed by atoms with van der Waals surface area (Å²) in [6.07, 6.45) is 4.09. The van der Waals surface area contributed by atoms with E-state index in [0.717, 1.165) is 12.8 Å². The zero-order chi connectivity index (χ0) is 13.4. The van der Waals surface area contributed by atoms with Gasteiger partial charge in [-0.1, -0.05) is 11.6 Å². The van der Waals surface area contributed by atoms with Crippen LogP contribution in [0.4, 0.5) is 5.95 Å². The molecule has 0 bridgehead atoms. The number of hydrogen-bond acceptors (Lipinski definition) is 4. The monoisotopic (exact) mass is 279 g/mol. The molecule has 1 saturated carbocycles. The normalized spacial score (nSPS) is 14.8. The number of aromatic nitrogens is 3. The molecule has 0 unspecified atom stereocenters. The molecule has 1 amide bonds. The third-order valence-corrected chi connectivity index (χ3v) is 3.29. The molecule has 6 nitrogen and oxygen atoms in total. The average molecular weight is 280 g/mol. The molecule has 0 radical (unpaired) electrons. The van der Waals surface area contributed by atoms with Gasteiger partial charge in [0, 0.05) is 25.2 Å². The first-order valence-corrected chi connectivity index (χ1v) is 6.58. The number of carbonyl (C=O) groups excluding carboxylic acids is 1. The van der Waals surface area contributed by atoms with Gasteiger partial charge in [0.2, 0.25) is 11.9 Å². The molecule has 0 saturated heterocycles. The topological polar surface area (TPSA) is 85.8 Å². The van der Waals surface area contributed by atoms with Crippen molar-refractivity contribution in [2.45, 2.75) is 31.8 Å². The lowest BCUT2D eigenvalue weighted by atomic mass is 10.3. The third-order valence-electron chi connectivity index (χ3n) is 3.09. The highest BCUT2D eigenvalue weighted by molar-refractivity contribution is 6.31. The number of halogens is 1. The number of imidazole rings is 1. The van der Waals surface area contributed by atoms with Gasteiger partial charge in [0.1, 0.15) is 5.52 Å². The Morgan fingerprint density at radius 1 is 1.58 bits per heavy atom. The molecule has 2 heterocycles. The summed E-state index contributed by atoms with van der Waals surface area (Å²) in [6.45, 7) is 0.468. The van der Waals surface area contributed by atoms with Crippen LogP contribution in [-0.4, -0.2) is 26.5 Å². The molecule has 3 N–H and O–H groups in total. The summed E-state index contributed by atoms with van der Waals surface area (Å²) in [5.41, 5.74) is 7.14. The van der Waals surface area contributed by atoms with E-state index < -0.39 is 0 Å². The summed E-state index contributed by atoms with van der Waals surface area (Å²) in [5.74, 6) is 0.390. The van der Waals surface area contributed by atoms with Gasteiger partial charge in [0.05, 0.1) is 5.02 Å². The number of nitrogens with one attached hydrogen (secondary N) is 1. The standard InChI is InChI=1S/C12H14ClN5O/c13-7-5-9-11(15-6-7)18(12(14)17-9)4-3-10(19)16-8-1-2-8/h5-6,8H,1-4H2,(H2,14,17)(H,16,19). The first-order valence-electron chi connectivity index (χ1n) is 6.20. The maximum Gasteiger partial charge on any atom is 0.222 e. The maximum atomic E-state index is 11.7. The van der Waals surface area contributed by atoms with Gasteiger partial charge < -0.3 is 11.1 Å². The summed E-state index contributed by atoms with van der Waals surface area (Å²) < 4.78 is 1.73. The fourth-order valence-corrected chi connectivity index (χ4v) is 2.12. The lowest BCUT2D eigenvalue weighted by Gasteiger charge is -2.06. The molecule has 0 spiro atoms. The Balaban J connectivity index is 1.76. The number of nitrogens with two attached hydrogens (primary N) is 1. The second kappa shape index (κ2) is 4.70. The minimum atomic E-state index is 0.0395. The summed E-state index contributed by atoms with van der Waals surface area (Å²) >= 11 is 5.86. The van der Waals surface area contributed by atoms with Crippen molar-refractivity contribution in [3.63, 3.8) is 0 Å². The van der Waals surface area contributed by atoms with Crippen molar-refractivity contribution in [2.75, 3.05) is 5.73 Å². The minimum absolute atomic E-state index is 0.0395. The van der Waals surface area contributed by atoms with Crippen molar-refractivity contribution in [1.29, 1.82) is 0 Å². The van der Waals surface area contributed by atoms with Crippen LogP contribution in [0.2, 0.25) is 5.02 Å². The highest BCUT2D eigenvalue weighted by Crippen LogP contribution is 2.20. The molecular weight excluding hydrogens is 266 g/mol. The van der Waals surface area contributed by atoms with Gasteiger partial charge in [-0.05, 0) is 18.9 Å². The molecule has 0 aliphatic heterocycles. The summed E-state index contributed by atoms with van der Waals surface area (Å²) in [4.78, 5) is 20.1. The number of carbonyl (C=O) groups is 1. The number of hydrogen-bond donors (Lipinski definition) is 2. The molecule has 19 heavy (non-hydrogen) atoms. The predicted octanol–water partition coefficient (Wildman–Crippen LogP) is 1.34. The molecule has 0 atom stereocenters. The van der Waals surface area contributed by atoms with Crippen molar-refractivity contribution in [3.05, 3.63) is 17.3 Å². The molecule has 7 heteroatoms. The zero-order valence-corrected chi connectivity index (χ0v) is 11.0. The molecule has 2 aromatic heterocycles. The van der Waals surface area contributed by atoms with E-state index in [1.807, 2.05) is 0 Å². The first-order chi connectivity index (χ1) is 9.13. The van der Waals surface area contributed by atoms with Gasteiger partial charge in [-0.2, -0.15) is 0 Å². The summed E-state index contributed by atoms with van der Waals surface area (Å²) in [5, 5.41) is 3.46. The lowest BCUT2D eigenvalue weighted by molar-refractivity contribution is -0.121. The molecular formula is C12H14ClN5O. The van der Waals surface area contributed by atoms with E-state index in [0.29, 0.717) is 41.1 Å². The Labute approximate surface area is 115 Å². The summed E-state index contributed by atoms with van der Waals surface area (Å²) in [7, 11) is 0. The van der Waals surface area contributed by atoms with Gasteiger partial charge in [-0.25, -0.2) is 9.97 Å². The van der Waals surface area contributed by atoms with Gasteiger partial charge >= 0.3 is 0 Å². The molecule has 0 aromatic carbocycles. The Hall–Kier alpha value is -1.82. The Kier molecular flexibility index (Phi) is 3.02. The van der Waals surface area contributed by atoms with Crippen LogP contribution in [0.25, 0.3) is 11.2 Å². The van der Waals surface area contributed by atoms with E-state index >= 15 is 0 Å². The SMILES string of the molecule is Nc1nc2cc(Cl)cnc2n1CCC(=O)NC1CC1. The minimum Gasteiger partial charge on any atom is -0.369 e. The number of rotatable bonds is 4. The fourth-order valence-electron chi connectivity index (χ4n) is 1.97. The molecule has 1 aliphatic carbocycles. The molecule has 1 fully saturated rings. The highest BCUT2D eigenvalue weighted by Gasteiger charge is 2.23. The lowest BCUT2D eigenvalue weighted by Crippen LogP contribution is -2.26. The van der Waals surface area contributed by atoms with Crippen LogP contribution in [0.5, 0.6) is 0 Å². The molecule has 2 aromatic rings. The number of nitrogen functional groups attached to an aromatic ring is 1. The van der Waals surface area contributed by atoms with Gasteiger partial charge in [0.25, 0.3) is 0 Å². The second-order valence-corrected chi connectivity index (χ2v) is 5.15. The van der Waals surface area contributed by atoms with Crippen LogP contribution in [0.3, 0.4) is 0 Å². The van der Waals surface area contributed by atoms with Crippen molar-refractivity contribution in [1.82, 2.24) is 19.9 Å². The van der Waals surface area contributed by atoms with Crippen LogP contribution >= 0.6 is 11.6 Å². The smallest absolute Gasteiger partial charge is 0.222 e. The number of pyridine rings is 1. The van der Waals surface area contributed by atoms with Gasteiger partial charge in [-0.15, -0.1) is 0 Å². The average Bonchev–Trinajstić information content (AvgIpc) is 3.10. The van der Waals surface area contributed by atoms with E-state index in [2.05, 4.69) is 15.3 Å². The van der Waals surface area contributed by atoms with Crippen molar-refractivity contribution in [2.24, 2.45) is 0 Å². The van der Waals surface area contributed by atoms with E-state index in [1.54, 1.807) is 16.8 Å². The van der Waals surface area contributed by atoms with Crippen molar-refractivity contribution >= 4 is 34.6 Å². The second-order valence-electron chi connectivity index (χ2n) is 4.71. The largest absolute Gasteiger partial charge is 0.369 e. The zero-order valence-electron chi connectivity index (χ0n) is 10.3. The Bertz CT molecular complexity index is 634. The quantitative estimate of drug-likeness (QED) is 0.884. The van der Waals surface area contributed by atoms with Gasteiger partial charge in [-0.3, -0.25) is 9.36 Å². The van der Waals surface area contributed by atoms with Crippen molar-refractivity contribution < 1.29 is 4.79 Å². The van der Waals surface area contributed by atoms with E-state index in [-0.39, 0.29) is 5.91 Å². The Morgan fingerprint density at radius 2 is 2.37 bits per heavy atom. The van der Waals surface area contributed by atoms with Crippen LogP contribution in [-0.2, 0) is 11.3 Å². The number of fused-ring (bicyclic) bond motifs is 1. The van der Waals surface area contributed by atoms with E-state index in [1.165, 1.54) is 0 Å². The number of amides is 1. The number of anilines is 1. The number of nitrogens with zero attached hydrogens (tertiary/aromatic N) is 3. The van der Waals surface area contributed by atoms with E-state index in [9.17, 15) is 4.79 Å². The van der Waals surface area contributed by atoms with Crippen LogP contribution in [0.15, 0.2) is 12.3 Å². The van der Waals surface area contributed by atoms with Gasteiger partial charge in [0.15, 0.2) is 5.65 Å². The van der Waals surface area contributed by atoms with Crippen LogP contribution in [0, 0.1) is 0 Å². The predicted molar refractivity (Wildman–Crippen MR) is 72.7 cm³/mol. The fraction of sp³-hybridized carbons (Fsp3) is 0.417. The highest BCUT2D eigenvalue weighted by atomic mass is 35.5. The molecule has 100 valence electrons. The van der Waals surface area contributed by atoms with Crippen molar-refractivity contribution in [3.8, 4) is 0 Å². The Morgan fingerprint density at radius 3 is 3.11 bits per heavy atom. The summed E-state index contributed by atoms with van der Waals surface area (Å²) in [6, 6.07) is 2.09. The molecule has 1 aliphatic rings. The third kappa shape index (κ3) is 2.63. The number of aryl methyl sites for hydroxylation is 1. The first kappa shape index (κ1) is 12.2. The maximum absolute atomic E-state index is 11.7. The van der Waals surface area contributed by atoms with E-state index in [4.69, 9.17) is 17.3 Å². The van der Waals surface area contributed by atoms with Crippen LogP contribution < -0.4 is 11.1 Å².